The molecule has 29 heavy (non-hydrogen) atoms. The summed E-state index contributed by atoms with van der Waals surface area (Å²) in [6, 6.07) is -0.0129. The van der Waals surface area contributed by atoms with Gasteiger partial charge in [0, 0.05) is 65.4 Å². The summed E-state index contributed by atoms with van der Waals surface area (Å²) in [6.45, 7) is 16.1. The van der Waals surface area contributed by atoms with E-state index >= 15 is 0 Å². The van der Waals surface area contributed by atoms with Gasteiger partial charge in [0.1, 0.15) is 0 Å². The van der Waals surface area contributed by atoms with Gasteiger partial charge in [-0.25, -0.2) is 0 Å². The second-order valence-electron chi connectivity index (χ2n) is 7.92. The number of nitrogens with zero attached hydrogens (tertiary/aromatic N) is 5. The number of hydrogen-bond acceptors (Lipinski definition) is 5. The fourth-order valence-electron chi connectivity index (χ4n) is 4.23. The van der Waals surface area contributed by atoms with Crippen LogP contribution in [-0.2, 0) is 9.53 Å². The van der Waals surface area contributed by atoms with Crippen LogP contribution < -0.4 is 5.32 Å². The molecule has 1 unspecified atom stereocenters. The number of carbonyl (C=O) groups is 1. The second kappa shape index (κ2) is 12.9. The van der Waals surface area contributed by atoms with Gasteiger partial charge >= 0.3 is 0 Å². The zero-order valence-corrected chi connectivity index (χ0v) is 20.5. The monoisotopic (exact) mass is 522 g/mol. The van der Waals surface area contributed by atoms with Gasteiger partial charge in [-0.2, -0.15) is 0 Å². The number of ether oxygens (including phenoxy) is 1. The fourth-order valence-corrected chi connectivity index (χ4v) is 4.23. The lowest BCUT2D eigenvalue weighted by Crippen LogP contribution is -2.57. The van der Waals surface area contributed by atoms with Gasteiger partial charge < -0.3 is 19.9 Å². The normalized spacial score (nSPS) is 23.0. The number of carbonyl (C=O) groups excluding carboxylic acids is 1. The molecule has 0 radical (unpaired) electrons. The molecular weight excluding hydrogens is 483 g/mol. The summed E-state index contributed by atoms with van der Waals surface area (Å²) in [5, 5.41) is 3.44. The molecule has 0 aromatic rings. The lowest BCUT2D eigenvalue weighted by Gasteiger charge is -2.39. The number of nitrogens with one attached hydrogen (secondary N) is 1. The SMILES string of the molecule is CCNC(=NCCN1CCOCC1)N1CCN(C(C)C(=O)N2CCCC2)CC1.I. The van der Waals surface area contributed by atoms with E-state index in [1.807, 2.05) is 4.90 Å². The van der Waals surface area contributed by atoms with Crippen LogP contribution in [0.3, 0.4) is 0 Å². The van der Waals surface area contributed by atoms with Crippen molar-refractivity contribution < 1.29 is 9.53 Å². The van der Waals surface area contributed by atoms with Crippen molar-refractivity contribution in [2.24, 2.45) is 4.99 Å². The van der Waals surface area contributed by atoms with Crippen molar-refractivity contribution in [2.75, 3.05) is 85.2 Å². The van der Waals surface area contributed by atoms with Crippen molar-refractivity contribution in [2.45, 2.75) is 32.7 Å². The molecule has 1 amide bonds. The molecule has 3 fully saturated rings. The van der Waals surface area contributed by atoms with E-state index in [-0.39, 0.29) is 30.0 Å². The van der Waals surface area contributed by atoms with Crippen LogP contribution in [-0.4, -0.2) is 123 Å². The Hall–Kier alpha value is -0.650. The molecule has 3 rings (SSSR count). The first-order chi connectivity index (χ1) is 13.7. The highest BCUT2D eigenvalue weighted by Gasteiger charge is 2.30. The maximum Gasteiger partial charge on any atom is 0.239 e. The van der Waals surface area contributed by atoms with Crippen LogP contribution in [0.5, 0.6) is 0 Å². The second-order valence-corrected chi connectivity index (χ2v) is 7.92. The highest BCUT2D eigenvalue weighted by atomic mass is 127. The Morgan fingerprint density at radius 2 is 1.66 bits per heavy atom. The molecule has 1 atom stereocenters. The van der Waals surface area contributed by atoms with Crippen molar-refractivity contribution in [3.63, 3.8) is 0 Å². The number of morpholine rings is 1. The minimum Gasteiger partial charge on any atom is -0.379 e. The Morgan fingerprint density at radius 3 is 2.28 bits per heavy atom. The standard InChI is InChI=1S/C20H38N6O2.HI/c1-3-21-20(22-6-9-23-14-16-28-17-15-23)26-12-10-24(11-13-26)18(2)19(27)25-7-4-5-8-25;/h18H,3-17H2,1-2H3,(H,21,22);1H. The summed E-state index contributed by atoms with van der Waals surface area (Å²) < 4.78 is 5.41. The van der Waals surface area contributed by atoms with E-state index in [1.54, 1.807) is 0 Å². The molecule has 0 saturated carbocycles. The van der Waals surface area contributed by atoms with Crippen LogP contribution in [0, 0.1) is 0 Å². The Kier molecular flexibility index (Phi) is 11.0. The quantitative estimate of drug-likeness (QED) is 0.312. The smallest absolute Gasteiger partial charge is 0.239 e. The Bertz CT molecular complexity index is 515. The number of piperazine rings is 1. The molecule has 3 aliphatic heterocycles. The van der Waals surface area contributed by atoms with Crippen LogP contribution in [0.2, 0.25) is 0 Å². The van der Waals surface area contributed by atoms with E-state index in [9.17, 15) is 4.79 Å². The van der Waals surface area contributed by atoms with Gasteiger partial charge in [0.2, 0.25) is 5.91 Å². The summed E-state index contributed by atoms with van der Waals surface area (Å²) in [6.07, 6.45) is 2.30. The van der Waals surface area contributed by atoms with Crippen LogP contribution in [0.4, 0.5) is 0 Å². The molecule has 3 heterocycles. The lowest BCUT2D eigenvalue weighted by atomic mass is 10.2. The van der Waals surface area contributed by atoms with Crippen molar-refractivity contribution in [1.29, 1.82) is 0 Å². The van der Waals surface area contributed by atoms with E-state index in [1.165, 1.54) is 0 Å². The molecule has 0 aromatic carbocycles. The van der Waals surface area contributed by atoms with Gasteiger partial charge in [-0.05, 0) is 26.7 Å². The third kappa shape index (κ3) is 7.22. The van der Waals surface area contributed by atoms with Gasteiger partial charge in [-0.15, -0.1) is 24.0 Å². The average molecular weight is 522 g/mol. The summed E-state index contributed by atoms with van der Waals surface area (Å²) in [5.74, 6) is 1.31. The first-order valence-electron chi connectivity index (χ1n) is 11.0. The molecule has 0 spiro atoms. The summed E-state index contributed by atoms with van der Waals surface area (Å²) >= 11 is 0. The van der Waals surface area contributed by atoms with Gasteiger partial charge in [0.05, 0.1) is 25.8 Å². The number of aliphatic imine (C=N–C) groups is 1. The maximum atomic E-state index is 12.7. The van der Waals surface area contributed by atoms with E-state index < -0.39 is 0 Å². The van der Waals surface area contributed by atoms with Crippen molar-refractivity contribution in [1.82, 2.24) is 24.9 Å². The number of rotatable bonds is 6. The third-order valence-electron chi connectivity index (χ3n) is 6.05. The lowest BCUT2D eigenvalue weighted by molar-refractivity contribution is -0.135. The molecule has 0 aromatic heterocycles. The summed E-state index contributed by atoms with van der Waals surface area (Å²) in [7, 11) is 0. The van der Waals surface area contributed by atoms with E-state index in [0.29, 0.717) is 5.91 Å². The highest BCUT2D eigenvalue weighted by molar-refractivity contribution is 14.0. The zero-order valence-electron chi connectivity index (χ0n) is 18.1. The molecule has 0 aliphatic carbocycles. The van der Waals surface area contributed by atoms with E-state index in [0.717, 1.165) is 104 Å². The van der Waals surface area contributed by atoms with E-state index in [4.69, 9.17) is 9.73 Å². The molecule has 8 nitrogen and oxygen atoms in total. The van der Waals surface area contributed by atoms with Gasteiger partial charge in [-0.3, -0.25) is 19.6 Å². The van der Waals surface area contributed by atoms with Gasteiger partial charge in [0.15, 0.2) is 5.96 Å². The number of amides is 1. The first kappa shape index (κ1) is 24.6. The van der Waals surface area contributed by atoms with Crippen molar-refractivity contribution in [3.8, 4) is 0 Å². The minimum absolute atomic E-state index is 0. The number of halogens is 1. The number of guanidine groups is 1. The van der Waals surface area contributed by atoms with Crippen LogP contribution in [0.25, 0.3) is 0 Å². The Labute approximate surface area is 193 Å². The molecule has 1 N–H and O–H groups in total. The molecule has 0 bridgehead atoms. The van der Waals surface area contributed by atoms with Crippen molar-refractivity contribution in [3.05, 3.63) is 0 Å². The average Bonchev–Trinajstić information content (AvgIpc) is 3.28. The Balaban J connectivity index is 0.00000300. The van der Waals surface area contributed by atoms with Gasteiger partial charge in [-0.1, -0.05) is 0 Å². The third-order valence-corrected chi connectivity index (χ3v) is 6.05. The number of hydrogen-bond donors (Lipinski definition) is 1. The Morgan fingerprint density at radius 1 is 1.00 bits per heavy atom. The molecule has 9 heteroatoms. The molecule has 3 aliphatic rings. The predicted molar refractivity (Wildman–Crippen MR) is 127 cm³/mol. The molecule has 168 valence electrons. The number of likely N-dealkylation sites (tertiary alicyclic amines) is 1. The maximum absolute atomic E-state index is 12.7. The highest BCUT2D eigenvalue weighted by Crippen LogP contribution is 2.14. The summed E-state index contributed by atoms with van der Waals surface area (Å²) in [4.78, 5) is 26.6. The van der Waals surface area contributed by atoms with Crippen molar-refractivity contribution >= 4 is 35.8 Å². The van der Waals surface area contributed by atoms with Crippen LogP contribution >= 0.6 is 24.0 Å². The van der Waals surface area contributed by atoms with Crippen LogP contribution in [0.1, 0.15) is 26.7 Å². The van der Waals surface area contributed by atoms with Gasteiger partial charge in [0.25, 0.3) is 0 Å². The fraction of sp³-hybridized carbons (Fsp3) is 0.900. The first-order valence-corrected chi connectivity index (χ1v) is 11.0. The summed E-state index contributed by atoms with van der Waals surface area (Å²) in [5.41, 5.74) is 0. The predicted octanol–water partition coefficient (Wildman–Crippen LogP) is 0.531. The zero-order chi connectivity index (χ0) is 19.8. The van der Waals surface area contributed by atoms with Crippen LogP contribution in [0.15, 0.2) is 4.99 Å². The molecule has 3 saturated heterocycles. The minimum atomic E-state index is -0.0129. The topological polar surface area (TPSA) is 63.7 Å². The molecular formula is C20H39IN6O2. The van der Waals surface area contributed by atoms with E-state index in [2.05, 4.69) is 33.9 Å². The largest absolute Gasteiger partial charge is 0.379 e.